The molecule has 1 fully saturated rings. The number of carbonyl (C=O) groups excluding carboxylic acids is 2. The third kappa shape index (κ3) is 3.00. The summed E-state index contributed by atoms with van der Waals surface area (Å²) in [5.74, 6) is -2.44. The maximum atomic E-state index is 12.4. The standard InChI is InChI=1S/C16H21NO3/c1-10-6-5-7-11(2)14(10)17-15(18)12-8-3-4-9-13(12)16(19)20/h5-7,12-13H,3-4,8-9H2,1-2H3,(H,17,18)(H,19,20)/p-1/t12-,13-/m0/s1. The zero-order valence-electron chi connectivity index (χ0n) is 11.9. The highest BCUT2D eigenvalue weighted by Gasteiger charge is 2.32. The molecule has 2 atom stereocenters. The summed E-state index contributed by atoms with van der Waals surface area (Å²) in [5.41, 5.74) is 2.76. The molecule has 4 nitrogen and oxygen atoms in total. The zero-order valence-corrected chi connectivity index (χ0v) is 11.9. The monoisotopic (exact) mass is 274 g/mol. The molecule has 0 heterocycles. The minimum atomic E-state index is -1.11. The second-order valence-corrected chi connectivity index (χ2v) is 5.57. The van der Waals surface area contributed by atoms with E-state index < -0.39 is 17.8 Å². The minimum absolute atomic E-state index is 0.198. The van der Waals surface area contributed by atoms with Gasteiger partial charge in [-0.3, -0.25) is 4.79 Å². The number of aryl methyl sites for hydroxylation is 2. The van der Waals surface area contributed by atoms with Gasteiger partial charge in [-0.2, -0.15) is 0 Å². The van der Waals surface area contributed by atoms with Crippen LogP contribution in [-0.4, -0.2) is 11.9 Å². The third-order valence-corrected chi connectivity index (χ3v) is 4.13. The lowest BCUT2D eigenvalue weighted by Crippen LogP contribution is -2.42. The lowest BCUT2D eigenvalue weighted by Gasteiger charge is -2.31. The van der Waals surface area contributed by atoms with Crippen LogP contribution in [0.25, 0.3) is 0 Å². The summed E-state index contributed by atoms with van der Waals surface area (Å²) in [5, 5.41) is 14.1. The molecule has 4 heteroatoms. The van der Waals surface area contributed by atoms with Crippen LogP contribution in [0.4, 0.5) is 5.69 Å². The van der Waals surface area contributed by atoms with E-state index in [1.807, 2.05) is 32.0 Å². The molecule has 1 amide bonds. The van der Waals surface area contributed by atoms with Gasteiger partial charge in [-0.15, -0.1) is 0 Å². The van der Waals surface area contributed by atoms with E-state index >= 15 is 0 Å². The van der Waals surface area contributed by atoms with Crippen molar-refractivity contribution in [1.29, 1.82) is 0 Å². The van der Waals surface area contributed by atoms with Gasteiger partial charge >= 0.3 is 0 Å². The van der Waals surface area contributed by atoms with Crippen LogP contribution < -0.4 is 10.4 Å². The number of carboxylic acids is 1. The number of hydrogen-bond acceptors (Lipinski definition) is 3. The highest BCUT2D eigenvalue weighted by molar-refractivity contribution is 5.96. The lowest BCUT2D eigenvalue weighted by molar-refractivity contribution is -0.313. The van der Waals surface area contributed by atoms with Crippen molar-refractivity contribution in [3.8, 4) is 0 Å². The molecule has 0 aliphatic heterocycles. The second kappa shape index (κ2) is 6.07. The Bertz CT molecular complexity index is 504. The van der Waals surface area contributed by atoms with E-state index in [2.05, 4.69) is 5.32 Å². The molecule has 0 unspecified atom stereocenters. The Morgan fingerprint density at radius 3 is 2.20 bits per heavy atom. The third-order valence-electron chi connectivity index (χ3n) is 4.13. The van der Waals surface area contributed by atoms with Gasteiger partial charge in [0.15, 0.2) is 0 Å². The molecular weight excluding hydrogens is 254 g/mol. The average molecular weight is 274 g/mol. The zero-order chi connectivity index (χ0) is 14.7. The van der Waals surface area contributed by atoms with Crippen molar-refractivity contribution in [2.24, 2.45) is 11.8 Å². The van der Waals surface area contributed by atoms with E-state index in [-0.39, 0.29) is 5.91 Å². The fourth-order valence-electron chi connectivity index (χ4n) is 2.95. The Morgan fingerprint density at radius 1 is 1.10 bits per heavy atom. The van der Waals surface area contributed by atoms with E-state index in [9.17, 15) is 14.7 Å². The van der Waals surface area contributed by atoms with E-state index in [1.165, 1.54) is 0 Å². The van der Waals surface area contributed by atoms with Crippen molar-refractivity contribution in [3.05, 3.63) is 29.3 Å². The fraction of sp³-hybridized carbons (Fsp3) is 0.500. The predicted molar refractivity (Wildman–Crippen MR) is 75.0 cm³/mol. The van der Waals surface area contributed by atoms with Crippen LogP contribution in [0.3, 0.4) is 0 Å². The summed E-state index contributed by atoms with van der Waals surface area (Å²) in [6.45, 7) is 3.86. The van der Waals surface area contributed by atoms with E-state index in [4.69, 9.17) is 0 Å². The van der Waals surface area contributed by atoms with Gasteiger partial charge < -0.3 is 15.2 Å². The first-order chi connectivity index (χ1) is 9.50. The topological polar surface area (TPSA) is 69.2 Å². The molecule has 1 saturated carbocycles. The van der Waals surface area contributed by atoms with Crippen LogP contribution in [0.2, 0.25) is 0 Å². The van der Waals surface area contributed by atoms with Crippen LogP contribution in [0, 0.1) is 25.7 Å². The van der Waals surface area contributed by atoms with Gasteiger partial charge in [-0.25, -0.2) is 0 Å². The van der Waals surface area contributed by atoms with Gasteiger partial charge in [0.05, 0.1) is 0 Å². The normalized spacial score (nSPS) is 22.3. The van der Waals surface area contributed by atoms with E-state index in [1.54, 1.807) is 0 Å². The maximum Gasteiger partial charge on any atom is 0.228 e. The smallest absolute Gasteiger partial charge is 0.228 e. The molecule has 108 valence electrons. The maximum absolute atomic E-state index is 12.4. The summed E-state index contributed by atoms with van der Waals surface area (Å²) in [6, 6.07) is 5.80. The van der Waals surface area contributed by atoms with Gasteiger partial charge in [-0.1, -0.05) is 31.0 Å². The second-order valence-electron chi connectivity index (χ2n) is 5.57. The molecule has 0 aromatic heterocycles. The number of rotatable bonds is 3. The van der Waals surface area contributed by atoms with Crippen LogP contribution in [-0.2, 0) is 9.59 Å². The molecule has 0 bridgehead atoms. The molecule has 20 heavy (non-hydrogen) atoms. The first-order valence-electron chi connectivity index (χ1n) is 7.08. The van der Waals surface area contributed by atoms with Crippen LogP contribution in [0.1, 0.15) is 36.8 Å². The van der Waals surface area contributed by atoms with Crippen molar-refractivity contribution >= 4 is 17.6 Å². The average Bonchev–Trinajstić information content (AvgIpc) is 2.43. The molecule has 1 N–H and O–H groups in total. The number of para-hydroxylation sites is 1. The summed E-state index contributed by atoms with van der Waals surface area (Å²) in [7, 11) is 0. The number of carbonyl (C=O) groups is 2. The Morgan fingerprint density at radius 2 is 1.65 bits per heavy atom. The summed E-state index contributed by atoms with van der Waals surface area (Å²) >= 11 is 0. The molecule has 1 aromatic rings. The van der Waals surface area contributed by atoms with Gasteiger partial charge in [0.1, 0.15) is 0 Å². The van der Waals surface area contributed by atoms with Gasteiger partial charge in [0.25, 0.3) is 0 Å². The Labute approximate surface area is 119 Å². The quantitative estimate of drug-likeness (QED) is 0.913. The number of anilines is 1. The van der Waals surface area contributed by atoms with E-state index in [0.29, 0.717) is 12.8 Å². The summed E-state index contributed by atoms with van der Waals surface area (Å²) in [4.78, 5) is 23.5. The van der Waals surface area contributed by atoms with Crippen LogP contribution >= 0.6 is 0 Å². The SMILES string of the molecule is Cc1cccc(C)c1NC(=O)[C@H]1CCCC[C@@H]1C(=O)[O-]. The molecule has 0 radical (unpaired) electrons. The number of benzene rings is 1. The number of carboxylic acid groups (broad SMARTS) is 1. The lowest BCUT2D eigenvalue weighted by atomic mass is 9.78. The Kier molecular flexibility index (Phi) is 4.42. The highest BCUT2D eigenvalue weighted by Crippen LogP contribution is 2.31. The molecule has 1 aromatic carbocycles. The number of nitrogens with one attached hydrogen (secondary N) is 1. The van der Waals surface area contributed by atoms with E-state index in [0.717, 1.165) is 29.7 Å². The largest absolute Gasteiger partial charge is 0.550 e. The summed E-state index contributed by atoms with van der Waals surface area (Å²) in [6.07, 6.45) is 2.91. The Hall–Kier alpha value is -1.84. The molecular formula is C16H20NO3-. The van der Waals surface area contributed by atoms with Crippen molar-refractivity contribution in [2.45, 2.75) is 39.5 Å². The number of aliphatic carboxylic acids is 1. The molecule has 2 rings (SSSR count). The number of hydrogen-bond donors (Lipinski definition) is 1. The van der Waals surface area contributed by atoms with Crippen LogP contribution in [0.5, 0.6) is 0 Å². The van der Waals surface area contributed by atoms with Gasteiger partial charge in [0, 0.05) is 23.5 Å². The highest BCUT2D eigenvalue weighted by atomic mass is 16.4. The van der Waals surface area contributed by atoms with Crippen molar-refractivity contribution in [1.82, 2.24) is 0 Å². The predicted octanol–water partition coefficient (Wildman–Crippen LogP) is 1.80. The summed E-state index contributed by atoms with van der Waals surface area (Å²) < 4.78 is 0. The Balaban J connectivity index is 2.16. The van der Waals surface area contributed by atoms with Crippen molar-refractivity contribution in [2.75, 3.05) is 5.32 Å². The molecule has 0 spiro atoms. The number of amides is 1. The molecule has 0 saturated heterocycles. The van der Waals surface area contributed by atoms with Gasteiger partial charge in [-0.05, 0) is 37.8 Å². The minimum Gasteiger partial charge on any atom is -0.550 e. The van der Waals surface area contributed by atoms with Gasteiger partial charge in [0.2, 0.25) is 5.91 Å². The van der Waals surface area contributed by atoms with Crippen molar-refractivity contribution in [3.63, 3.8) is 0 Å². The van der Waals surface area contributed by atoms with Crippen molar-refractivity contribution < 1.29 is 14.7 Å². The molecule has 1 aliphatic carbocycles. The first-order valence-corrected chi connectivity index (χ1v) is 7.08. The van der Waals surface area contributed by atoms with Crippen LogP contribution in [0.15, 0.2) is 18.2 Å². The first kappa shape index (κ1) is 14.6. The fourth-order valence-corrected chi connectivity index (χ4v) is 2.95. The molecule has 1 aliphatic rings.